The Morgan fingerprint density at radius 3 is 2.81 bits per heavy atom. The Morgan fingerprint density at radius 1 is 1.26 bits per heavy atom. The number of benzene rings is 1. The first-order chi connectivity index (χ1) is 13.3. The number of aromatic nitrogens is 3. The van der Waals surface area contributed by atoms with Gasteiger partial charge in [0.25, 0.3) is 0 Å². The molecule has 9 heteroatoms. The van der Waals surface area contributed by atoms with E-state index in [1.54, 1.807) is 24.6 Å². The van der Waals surface area contributed by atoms with Crippen LogP contribution < -0.4 is 9.47 Å². The van der Waals surface area contributed by atoms with Gasteiger partial charge in [0.05, 0.1) is 17.2 Å². The van der Waals surface area contributed by atoms with E-state index in [1.807, 2.05) is 34.9 Å². The summed E-state index contributed by atoms with van der Waals surface area (Å²) >= 11 is 2.83. The van der Waals surface area contributed by atoms with Crippen molar-refractivity contribution in [2.24, 2.45) is 0 Å². The van der Waals surface area contributed by atoms with Gasteiger partial charge in [0.1, 0.15) is 19.5 Å². The summed E-state index contributed by atoms with van der Waals surface area (Å²) in [7, 11) is 0. The van der Waals surface area contributed by atoms with Crippen molar-refractivity contribution in [2.45, 2.75) is 12.1 Å². The molecule has 0 aliphatic carbocycles. The van der Waals surface area contributed by atoms with Crippen LogP contribution in [0.15, 0.2) is 41.8 Å². The molecule has 1 aromatic carbocycles. The van der Waals surface area contributed by atoms with Crippen molar-refractivity contribution in [3.05, 3.63) is 36.7 Å². The molecule has 0 saturated heterocycles. The fourth-order valence-electron chi connectivity index (χ4n) is 2.66. The molecule has 0 atom stereocenters. The van der Waals surface area contributed by atoms with Gasteiger partial charge in [-0.15, -0.1) is 21.5 Å². The minimum absolute atomic E-state index is 0.170. The molecule has 0 saturated carbocycles. The van der Waals surface area contributed by atoms with Gasteiger partial charge < -0.3 is 14.2 Å². The molecule has 4 rings (SSSR count). The number of thiophene rings is 1. The van der Waals surface area contributed by atoms with E-state index in [-0.39, 0.29) is 11.7 Å². The zero-order chi connectivity index (χ0) is 18.6. The van der Waals surface area contributed by atoms with Crippen molar-refractivity contribution in [3.8, 4) is 26.9 Å². The summed E-state index contributed by atoms with van der Waals surface area (Å²) in [5.74, 6) is 1.31. The van der Waals surface area contributed by atoms with Crippen LogP contribution in [0, 0.1) is 0 Å². The molecule has 7 nitrogen and oxygen atoms in total. The van der Waals surface area contributed by atoms with Gasteiger partial charge in [0.2, 0.25) is 0 Å². The lowest BCUT2D eigenvalue weighted by Gasteiger charge is -2.17. The number of thioether (sulfide) groups is 1. The second-order valence-corrected chi connectivity index (χ2v) is 7.48. The third-order valence-electron chi connectivity index (χ3n) is 3.78. The van der Waals surface area contributed by atoms with Gasteiger partial charge in [-0.05, 0) is 12.5 Å². The molecule has 0 fully saturated rings. The zero-order valence-electron chi connectivity index (χ0n) is 14.6. The lowest BCUT2D eigenvalue weighted by Crippen LogP contribution is -2.15. The van der Waals surface area contributed by atoms with E-state index in [4.69, 9.17) is 14.2 Å². The Labute approximate surface area is 164 Å². The maximum atomic E-state index is 11.7. The predicted octanol–water partition coefficient (Wildman–Crippen LogP) is 3.42. The van der Waals surface area contributed by atoms with Gasteiger partial charge >= 0.3 is 5.97 Å². The fraction of sp³-hybridized carbons (Fsp3) is 0.278. The second kappa shape index (κ2) is 8.01. The Hall–Kier alpha value is -2.52. The molecule has 0 radical (unpaired) electrons. The maximum Gasteiger partial charge on any atom is 0.316 e. The van der Waals surface area contributed by atoms with E-state index in [9.17, 15) is 4.79 Å². The number of carbonyl (C=O) groups excluding carboxylic acids is 1. The predicted molar refractivity (Wildman–Crippen MR) is 103 cm³/mol. The summed E-state index contributed by atoms with van der Waals surface area (Å²) < 4.78 is 18.6. The number of esters is 1. The number of hydrogen-bond acceptors (Lipinski definition) is 8. The molecule has 0 unspecified atom stereocenters. The van der Waals surface area contributed by atoms with Crippen LogP contribution in [0.5, 0.6) is 11.5 Å². The number of carbonyl (C=O) groups is 1. The quantitative estimate of drug-likeness (QED) is 0.461. The minimum atomic E-state index is -0.283. The molecule has 1 aliphatic heterocycles. The Morgan fingerprint density at radius 2 is 2.04 bits per heavy atom. The summed E-state index contributed by atoms with van der Waals surface area (Å²) in [6.45, 7) is 3.13. The largest absolute Gasteiger partial charge is 0.485 e. The first-order valence-electron chi connectivity index (χ1n) is 8.44. The fourth-order valence-corrected chi connectivity index (χ4v) is 4.60. The van der Waals surface area contributed by atoms with Crippen LogP contribution >= 0.6 is 23.1 Å². The van der Waals surface area contributed by atoms with Crippen LogP contribution in [0.4, 0.5) is 0 Å². The molecule has 0 spiro atoms. The van der Waals surface area contributed by atoms with Crippen molar-refractivity contribution in [1.29, 1.82) is 0 Å². The summed E-state index contributed by atoms with van der Waals surface area (Å²) in [6.07, 6.45) is 1.62. The van der Waals surface area contributed by atoms with Gasteiger partial charge in [-0.1, -0.05) is 42.1 Å². The highest BCUT2D eigenvalue weighted by molar-refractivity contribution is 7.99. The van der Waals surface area contributed by atoms with Crippen molar-refractivity contribution >= 4 is 29.1 Å². The van der Waals surface area contributed by atoms with Gasteiger partial charge in [-0.25, -0.2) is 0 Å². The Bertz CT molecular complexity index is 939. The molecular formula is C18H17N3O4S2. The van der Waals surface area contributed by atoms with E-state index < -0.39 is 0 Å². The lowest BCUT2D eigenvalue weighted by atomic mass is 10.2. The summed E-state index contributed by atoms with van der Waals surface area (Å²) in [4.78, 5) is 12.7. The minimum Gasteiger partial charge on any atom is -0.485 e. The van der Waals surface area contributed by atoms with Crippen LogP contribution in [-0.4, -0.2) is 46.3 Å². The van der Waals surface area contributed by atoms with Crippen molar-refractivity contribution in [2.75, 3.05) is 25.6 Å². The van der Waals surface area contributed by atoms with Gasteiger partial charge in [0, 0.05) is 0 Å². The highest BCUT2D eigenvalue weighted by Crippen LogP contribution is 2.51. The summed E-state index contributed by atoms with van der Waals surface area (Å²) in [6, 6.07) is 10.0. The van der Waals surface area contributed by atoms with E-state index in [0.717, 1.165) is 21.2 Å². The lowest BCUT2D eigenvalue weighted by molar-refractivity contribution is -0.139. The topological polar surface area (TPSA) is 75.5 Å². The molecule has 1 aliphatic rings. The highest BCUT2D eigenvalue weighted by Gasteiger charge is 2.27. The molecule has 0 bridgehead atoms. The van der Waals surface area contributed by atoms with Crippen LogP contribution in [0.25, 0.3) is 15.4 Å². The molecular weight excluding hydrogens is 386 g/mol. The second-order valence-electron chi connectivity index (χ2n) is 5.53. The average Bonchev–Trinajstić information content (AvgIpc) is 3.31. The van der Waals surface area contributed by atoms with Crippen molar-refractivity contribution in [3.63, 3.8) is 0 Å². The van der Waals surface area contributed by atoms with Crippen LogP contribution in [-0.2, 0) is 9.53 Å². The smallest absolute Gasteiger partial charge is 0.316 e. The Kier molecular flexibility index (Phi) is 5.30. The number of nitrogens with zero attached hydrogens (tertiary/aromatic N) is 3. The summed E-state index contributed by atoms with van der Waals surface area (Å²) in [5, 5.41) is 9.57. The van der Waals surface area contributed by atoms with Gasteiger partial charge in [-0.3, -0.25) is 9.36 Å². The first-order valence-corrected chi connectivity index (χ1v) is 10.2. The average molecular weight is 403 g/mol. The van der Waals surface area contributed by atoms with Crippen LogP contribution in [0.3, 0.4) is 0 Å². The first kappa shape index (κ1) is 17.9. The molecule has 27 heavy (non-hydrogen) atoms. The molecule has 3 aromatic rings. The third kappa shape index (κ3) is 3.65. The van der Waals surface area contributed by atoms with Crippen molar-refractivity contribution in [1.82, 2.24) is 14.8 Å². The maximum absolute atomic E-state index is 11.7. The number of hydrogen-bond donors (Lipinski definition) is 0. The van der Waals surface area contributed by atoms with Crippen molar-refractivity contribution < 1.29 is 19.0 Å². The van der Waals surface area contributed by atoms with Crippen LogP contribution in [0.1, 0.15) is 6.92 Å². The number of fused-ring (bicyclic) bond motifs is 1. The molecule has 0 N–H and O–H groups in total. The molecule has 140 valence electrons. The van der Waals surface area contributed by atoms with E-state index >= 15 is 0 Å². The normalized spacial score (nSPS) is 12.8. The number of rotatable bonds is 6. The Balaban J connectivity index is 1.70. The standard InChI is InChI=1S/C18H17N3O4S2/c1-2-23-13(22)10-26-18-20-19-11-21(18)17-15-14(24-8-9-25-15)16(27-17)12-6-4-3-5-7-12/h3-7,11H,2,8-10H2,1H3. The summed E-state index contributed by atoms with van der Waals surface area (Å²) in [5.41, 5.74) is 1.06. The SMILES string of the molecule is CCOC(=O)CSc1nncn1-c1sc(-c2ccccc2)c2c1OCCO2. The van der Waals surface area contributed by atoms with E-state index in [1.165, 1.54) is 11.8 Å². The van der Waals surface area contributed by atoms with Crippen LogP contribution in [0.2, 0.25) is 0 Å². The monoisotopic (exact) mass is 403 g/mol. The van der Waals surface area contributed by atoms with Gasteiger partial charge in [-0.2, -0.15) is 0 Å². The molecule has 0 amide bonds. The molecule has 3 heterocycles. The zero-order valence-corrected chi connectivity index (χ0v) is 16.2. The molecule has 2 aromatic heterocycles. The number of ether oxygens (including phenoxy) is 3. The van der Waals surface area contributed by atoms with Gasteiger partial charge in [0.15, 0.2) is 21.7 Å². The van der Waals surface area contributed by atoms with E-state index in [0.29, 0.717) is 30.7 Å². The third-order valence-corrected chi connectivity index (χ3v) is 5.89. The van der Waals surface area contributed by atoms with E-state index in [2.05, 4.69) is 10.2 Å². The highest BCUT2D eigenvalue weighted by atomic mass is 32.2.